The first kappa shape index (κ1) is 24.1. The Kier molecular flexibility index (Phi) is 6.99. The molecule has 2 aromatic carbocycles. The van der Waals surface area contributed by atoms with Crippen molar-refractivity contribution >= 4 is 16.6 Å². The van der Waals surface area contributed by atoms with Crippen molar-refractivity contribution in [2.24, 2.45) is 11.8 Å². The van der Waals surface area contributed by atoms with Gasteiger partial charge in [-0.05, 0) is 81.3 Å². The number of fused-ring (bicyclic) bond motifs is 4. The molecular weight excluding hydrogens is 434 g/mol. The second kappa shape index (κ2) is 10.2. The molecule has 2 N–H and O–H groups in total. The van der Waals surface area contributed by atoms with Crippen molar-refractivity contribution < 1.29 is 9.84 Å². The van der Waals surface area contributed by atoms with Crippen molar-refractivity contribution in [3.8, 4) is 5.75 Å². The van der Waals surface area contributed by atoms with E-state index in [0.29, 0.717) is 5.92 Å². The lowest BCUT2D eigenvalue weighted by atomic mass is 9.70. The minimum absolute atomic E-state index is 0.263. The van der Waals surface area contributed by atoms with Gasteiger partial charge in [-0.2, -0.15) is 0 Å². The van der Waals surface area contributed by atoms with Crippen molar-refractivity contribution in [3.05, 3.63) is 65.5 Å². The first-order valence-corrected chi connectivity index (χ1v) is 13.2. The summed E-state index contributed by atoms with van der Waals surface area (Å²) in [6, 6.07) is 14.8. The molecule has 3 aliphatic rings. The van der Waals surface area contributed by atoms with Gasteiger partial charge in [-0.25, -0.2) is 4.98 Å². The molecule has 5 nitrogen and oxygen atoms in total. The molecule has 0 saturated heterocycles. The SMILES string of the molecule is COc1ccc(C)c2nc(CCCN(C)CC[C@]3(O)C[C@@H]4CCC[C@@H]3C=C4c3ccccc3)[nH]c12. The second-order valence-corrected chi connectivity index (χ2v) is 10.7. The van der Waals surface area contributed by atoms with E-state index in [-0.39, 0.29) is 5.92 Å². The highest BCUT2D eigenvalue weighted by Crippen LogP contribution is 2.49. The van der Waals surface area contributed by atoms with E-state index in [1.165, 1.54) is 24.0 Å². The van der Waals surface area contributed by atoms with Crippen molar-refractivity contribution in [1.29, 1.82) is 0 Å². The number of H-pyrrole nitrogens is 1. The zero-order valence-electron chi connectivity index (χ0n) is 21.4. The number of aromatic nitrogens is 2. The Hall–Kier alpha value is -2.63. The number of methoxy groups -OCH3 is 1. The predicted molar refractivity (Wildman–Crippen MR) is 143 cm³/mol. The largest absolute Gasteiger partial charge is 0.494 e. The Labute approximate surface area is 209 Å². The maximum Gasteiger partial charge on any atom is 0.144 e. The third-order valence-electron chi connectivity index (χ3n) is 8.24. The number of imidazole rings is 1. The van der Waals surface area contributed by atoms with E-state index in [1.807, 2.05) is 6.07 Å². The lowest BCUT2D eigenvalue weighted by Crippen LogP contribution is -2.43. The van der Waals surface area contributed by atoms with E-state index in [4.69, 9.17) is 9.72 Å². The van der Waals surface area contributed by atoms with Crippen LogP contribution in [-0.2, 0) is 6.42 Å². The summed E-state index contributed by atoms with van der Waals surface area (Å²) in [4.78, 5) is 10.6. The standard InChI is InChI=1S/C30H39N3O2/c1-21-14-15-26(35-3)29-28(21)31-27(32-29)13-8-17-33(2)18-16-30(34)20-23-11-7-12-24(30)19-25(23)22-9-5-4-6-10-22/h4-6,9-10,14-15,19,23-24,34H,7-8,11-13,16-18,20H2,1-3H3,(H,31,32)/t23-,24+,30-/m0/s1. The average molecular weight is 474 g/mol. The average Bonchev–Trinajstić information content (AvgIpc) is 3.10. The molecule has 35 heavy (non-hydrogen) atoms. The highest BCUT2D eigenvalue weighted by Gasteiger charge is 2.44. The third-order valence-corrected chi connectivity index (χ3v) is 8.24. The first-order chi connectivity index (χ1) is 17.0. The van der Waals surface area contributed by atoms with Gasteiger partial charge in [-0.3, -0.25) is 0 Å². The zero-order valence-corrected chi connectivity index (χ0v) is 21.4. The summed E-state index contributed by atoms with van der Waals surface area (Å²) in [7, 11) is 3.88. The van der Waals surface area contributed by atoms with E-state index >= 15 is 0 Å². The fourth-order valence-electron chi connectivity index (χ4n) is 6.19. The summed E-state index contributed by atoms with van der Waals surface area (Å²) in [5.74, 6) is 2.59. The van der Waals surface area contributed by atoms with E-state index in [0.717, 1.165) is 73.4 Å². The highest BCUT2D eigenvalue weighted by atomic mass is 16.5. The molecule has 6 rings (SSSR count). The van der Waals surface area contributed by atoms with Crippen molar-refractivity contribution in [2.45, 2.75) is 57.5 Å². The van der Waals surface area contributed by atoms with Crippen LogP contribution in [0.5, 0.6) is 5.75 Å². The van der Waals surface area contributed by atoms with Crippen LogP contribution in [0, 0.1) is 18.8 Å². The fraction of sp³-hybridized carbons (Fsp3) is 0.500. The number of ether oxygens (including phenoxy) is 1. The number of aliphatic hydroxyl groups is 1. The van der Waals surface area contributed by atoms with Gasteiger partial charge in [0.25, 0.3) is 0 Å². The van der Waals surface area contributed by atoms with Crippen molar-refractivity contribution in [1.82, 2.24) is 14.9 Å². The molecule has 2 bridgehead atoms. The number of hydrogen-bond acceptors (Lipinski definition) is 4. The van der Waals surface area contributed by atoms with Crippen LogP contribution in [0.15, 0.2) is 48.5 Å². The maximum absolute atomic E-state index is 11.7. The van der Waals surface area contributed by atoms with Crippen LogP contribution < -0.4 is 4.74 Å². The smallest absolute Gasteiger partial charge is 0.144 e. The number of benzene rings is 2. The highest BCUT2D eigenvalue weighted by molar-refractivity contribution is 5.84. The number of aromatic amines is 1. The normalized spacial score (nSPS) is 24.1. The monoisotopic (exact) mass is 473 g/mol. The molecule has 1 saturated carbocycles. The van der Waals surface area contributed by atoms with Gasteiger partial charge in [0.15, 0.2) is 0 Å². The quantitative estimate of drug-likeness (QED) is 0.414. The van der Waals surface area contributed by atoms with Crippen molar-refractivity contribution in [3.63, 3.8) is 0 Å². The molecule has 0 radical (unpaired) electrons. The van der Waals surface area contributed by atoms with Crippen LogP contribution in [0.3, 0.4) is 0 Å². The van der Waals surface area contributed by atoms with E-state index in [9.17, 15) is 5.11 Å². The molecule has 3 atom stereocenters. The van der Waals surface area contributed by atoms with E-state index in [2.05, 4.69) is 66.3 Å². The van der Waals surface area contributed by atoms with Gasteiger partial charge in [0, 0.05) is 18.9 Å². The Morgan fingerprint density at radius 3 is 2.77 bits per heavy atom. The molecule has 0 aliphatic heterocycles. The molecule has 1 fully saturated rings. The number of rotatable bonds is 9. The first-order valence-electron chi connectivity index (χ1n) is 13.2. The van der Waals surface area contributed by atoms with E-state index in [1.54, 1.807) is 7.11 Å². The lowest BCUT2D eigenvalue weighted by Gasteiger charge is -2.41. The summed E-state index contributed by atoms with van der Waals surface area (Å²) in [6.45, 7) is 3.99. The van der Waals surface area contributed by atoms with Crippen LogP contribution in [0.2, 0.25) is 0 Å². The van der Waals surface area contributed by atoms with Gasteiger partial charge in [0.05, 0.1) is 18.2 Å². The van der Waals surface area contributed by atoms with Crippen LogP contribution in [-0.4, -0.2) is 52.8 Å². The fourth-order valence-corrected chi connectivity index (χ4v) is 6.19. The number of hydrogen-bond donors (Lipinski definition) is 2. The molecule has 0 amide bonds. The second-order valence-electron chi connectivity index (χ2n) is 10.7. The Balaban J connectivity index is 1.16. The molecule has 1 heterocycles. The number of nitrogens with one attached hydrogen (secondary N) is 1. The zero-order chi connectivity index (χ0) is 24.4. The minimum Gasteiger partial charge on any atom is -0.494 e. The summed E-state index contributed by atoms with van der Waals surface area (Å²) >= 11 is 0. The third kappa shape index (κ3) is 5.03. The van der Waals surface area contributed by atoms with Crippen LogP contribution in [0.1, 0.15) is 55.5 Å². The summed E-state index contributed by atoms with van der Waals surface area (Å²) in [5.41, 5.74) is 5.37. The Morgan fingerprint density at radius 1 is 1.14 bits per heavy atom. The molecule has 3 aliphatic carbocycles. The predicted octanol–water partition coefficient (Wildman–Crippen LogP) is 5.77. The van der Waals surface area contributed by atoms with Gasteiger partial charge < -0.3 is 19.7 Å². The van der Waals surface area contributed by atoms with Gasteiger partial charge in [-0.1, -0.05) is 48.9 Å². The van der Waals surface area contributed by atoms with Gasteiger partial charge in [0.1, 0.15) is 17.1 Å². The molecule has 0 spiro atoms. The van der Waals surface area contributed by atoms with Crippen LogP contribution in [0.4, 0.5) is 0 Å². The van der Waals surface area contributed by atoms with Crippen molar-refractivity contribution in [2.75, 3.05) is 27.2 Å². The molecule has 186 valence electrons. The topological polar surface area (TPSA) is 61.4 Å². The molecule has 1 aromatic heterocycles. The lowest BCUT2D eigenvalue weighted by molar-refractivity contribution is -0.0299. The summed E-state index contributed by atoms with van der Waals surface area (Å²) in [5, 5.41) is 11.7. The Morgan fingerprint density at radius 2 is 1.97 bits per heavy atom. The van der Waals surface area contributed by atoms with E-state index < -0.39 is 5.60 Å². The van der Waals surface area contributed by atoms with Crippen LogP contribution in [0.25, 0.3) is 16.6 Å². The minimum atomic E-state index is -0.583. The molecule has 5 heteroatoms. The maximum atomic E-state index is 11.7. The molecule has 3 aromatic rings. The number of allylic oxidation sites excluding steroid dienone is 1. The summed E-state index contributed by atoms with van der Waals surface area (Å²) < 4.78 is 5.49. The van der Waals surface area contributed by atoms with Gasteiger partial charge in [0.2, 0.25) is 0 Å². The number of nitrogens with zero attached hydrogens (tertiary/aromatic N) is 2. The van der Waals surface area contributed by atoms with Gasteiger partial charge in [-0.15, -0.1) is 0 Å². The number of aryl methyl sites for hydroxylation is 2. The molecular formula is C30H39N3O2. The van der Waals surface area contributed by atoms with Gasteiger partial charge >= 0.3 is 0 Å². The van der Waals surface area contributed by atoms with Crippen LogP contribution >= 0.6 is 0 Å². The summed E-state index contributed by atoms with van der Waals surface area (Å²) in [6.07, 6.45) is 9.58. The Bertz CT molecular complexity index is 1190. The molecule has 0 unspecified atom stereocenters.